The Morgan fingerprint density at radius 2 is 1.69 bits per heavy atom. The Kier molecular flexibility index (Phi) is 6.67. The highest BCUT2D eigenvalue weighted by atomic mass is 32.1. The number of hydrogen-bond donors (Lipinski definition) is 1. The van der Waals surface area contributed by atoms with E-state index in [-0.39, 0.29) is 12.1 Å². The minimum atomic E-state index is -0.0566. The largest absolute Gasteiger partial charge is 0.351 e. The molecule has 0 amide bonds. The van der Waals surface area contributed by atoms with E-state index in [4.69, 9.17) is 17.2 Å². The van der Waals surface area contributed by atoms with Crippen LogP contribution >= 0.6 is 12.2 Å². The third-order valence-electron chi connectivity index (χ3n) is 7.34. The zero-order chi connectivity index (χ0) is 25.4. The lowest BCUT2D eigenvalue weighted by molar-refractivity contribution is 0.565. The Hall–Kier alpha value is -3.44. The molecule has 4 aromatic rings. The van der Waals surface area contributed by atoms with Crippen LogP contribution in [0.5, 0.6) is 0 Å². The molecule has 1 N–H and O–H groups in total. The van der Waals surface area contributed by atoms with Gasteiger partial charge in [0.1, 0.15) is 0 Å². The zero-order valence-electron chi connectivity index (χ0n) is 21.7. The highest BCUT2D eigenvalue weighted by Crippen LogP contribution is 2.44. The van der Waals surface area contributed by atoms with Crippen LogP contribution in [0.15, 0.2) is 79.0 Å². The molecule has 5 heteroatoms. The molecular formula is C31H34N4S. The molecule has 2 aromatic heterocycles. The third kappa shape index (κ3) is 4.22. The zero-order valence-corrected chi connectivity index (χ0v) is 22.5. The summed E-state index contributed by atoms with van der Waals surface area (Å²) in [6, 6.07) is 25.9. The van der Waals surface area contributed by atoms with Gasteiger partial charge < -0.3 is 14.8 Å². The predicted octanol–water partition coefficient (Wildman–Crippen LogP) is 7.35. The first-order chi connectivity index (χ1) is 17.4. The average Bonchev–Trinajstić information content (AvgIpc) is 3.39. The van der Waals surface area contributed by atoms with Crippen LogP contribution in [-0.2, 0) is 6.42 Å². The molecule has 3 heterocycles. The summed E-state index contributed by atoms with van der Waals surface area (Å²) < 4.78 is 2.39. The average molecular weight is 495 g/mol. The highest BCUT2D eigenvalue weighted by Gasteiger charge is 2.42. The number of hydrogen-bond acceptors (Lipinski definition) is 2. The second-order valence-corrected chi connectivity index (χ2v) is 10.3. The summed E-state index contributed by atoms with van der Waals surface area (Å²) in [5, 5.41) is 4.34. The standard InChI is InChI=1S/C31H34N4S/c1-6-23-11-7-8-13-28(23)34-21(4)19-26(22(34)5)30-29(27-12-9-10-18-32-27)33-31(36)35(30)25-16-14-24(15-17-25)20(2)3/h7-20,29-30H,6H2,1-5H3,(H,33,36)/t29-,30-/m1/s1. The van der Waals surface area contributed by atoms with Gasteiger partial charge >= 0.3 is 0 Å². The van der Waals surface area contributed by atoms with E-state index in [9.17, 15) is 0 Å². The van der Waals surface area contributed by atoms with Crippen molar-refractivity contribution in [1.82, 2.24) is 14.9 Å². The van der Waals surface area contributed by atoms with Crippen LogP contribution in [0.4, 0.5) is 5.69 Å². The van der Waals surface area contributed by atoms with Crippen molar-refractivity contribution in [3.63, 3.8) is 0 Å². The fourth-order valence-corrected chi connectivity index (χ4v) is 5.80. The van der Waals surface area contributed by atoms with Crippen molar-refractivity contribution in [1.29, 1.82) is 0 Å². The van der Waals surface area contributed by atoms with Gasteiger partial charge in [-0.3, -0.25) is 4.98 Å². The summed E-state index contributed by atoms with van der Waals surface area (Å²) in [4.78, 5) is 7.00. The number of benzene rings is 2. The van der Waals surface area contributed by atoms with Gasteiger partial charge in [0, 0.05) is 29.0 Å². The molecule has 1 saturated heterocycles. The number of rotatable bonds is 6. The van der Waals surface area contributed by atoms with Crippen molar-refractivity contribution in [3.05, 3.63) is 113 Å². The molecule has 1 aliphatic heterocycles. The number of nitrogens with one attached hydrogen (secondary N) is 1. The first-order valence-electron chi connectivity index (χ1n) is 12.8. The van der Waals surface area contributed by atoms with E-state index in [0.717, 1.165) is 22.9 Å². The Balaban J connectivity index is 1.67. The van der Waals surface area contributed by atoms with Crippen LogP contribution < -0.4 is 10.2 Å². The summed E-state index contributed by atoms with van der Waals surface area (Å²) in [6.45, 7) is 11.1. The molecule has 1 fully saturated rings. The van der Waals surface area contributed by atoms with Crippen molar-refractivity contribution < 1.29 is 0 Å². The number of thiocarbonyl (C=S) groups is 1. The molecule has 1 aliphatic rings. The maximum Gasteiger partial charge on any atom is 0.174 e. The van der Waals surface area contributed by atoms with Crippen LogP contribution in [0.1, 0.15) is 72.5 Å². The maximum atomic E-state index is 5.96. The van der Waals surface area contributed by atoms with Crippen LogP contribution in [0.25, 0.3) is 5.69 Å². The number of para-hydroxylation sites is 1. The normalized spacial score (nSPS) is 17.6. The van der Waals surface area contributed by atoms with Gasteiger partial charge in [-0.1, -0.05) is 57.2 Å². The molecule has 0 bridgehead atoms. The summed E-state index contributed by atoms with van der Waals surface area (Å²) in [7, 11) is 0. The van der Waals surface area contributed by atoms with Gasteiger partial charge in [-0.2, -0.15) is 0 Å². The van der Waals surface area contributed by atoms with Crippen molar-refractivity contribution in [3.8, 4) is 5.69 Å². The Labute approximate surface area is 220 Å². The monoisotopic (exact) mass is 494 g/mol. The molecule has 184 valence electrons. The Morgan fingerprint density at radius 1 is 0.972 bits per heavy atom. The van der Waals surface area contributed by atoms with Gasteiger partial charge in [-0.15, -0.1) is 0 Å². The van der Waals surface area contributed by atoms with E-state index in [0.29, 0.717) is 5.92 Å². The van der Waals surface area contributed by atoms with E-state index in [1.165, 1.54) is 33.8 Å². The lowest BCUT2D eigenvalue weighted by atomic mass is 9.96. The minimum Gasteiger partial charge on any atom is -0.351 e. The van der Waals surface area contributed by atoms with E-state index >= 15 is 0 Å². The van der Waals surface area contributed by atoms with Gasteiger partial charge in [0.2, 0.25) is 0 Å². The number of anilines is 1. The predicted molar refractivity (Wildman–Crippen MR) is 153 cm³/mol. The second kappa shape index (κ2) is 9.90. The van der Waals surface area contributed by atoms with Crippen molar-refractivity contribution >= 4 is 23.0 Å². The quantitative estimate of drug-likeness (QED) is 0.284. The van der Waals surface area contributed by atoms with Crippen LogP contribution in [0, 0.1) is 13.8 Å². The van der Waals surface area contributed by atoms with E-state index in [2.05, 4.69) is 110 Å². The van der Waals surface area contributed by atoms with E-state index < -0.39 is 0 Å². The summed E-state index contributed by atoms with van der Waals surface area (Å²) in [5.74, 6) is 0.484. The fraction of sp³-hybridized carbons (Fsp3) is 0.290. The number of aryl methyl sites for hydroxylation is 2. The molecular weight excluding hydrogens is 460 g/mol. The number of nitrogens with zero attached hydrogens (tertiary/aromatic N) is 3. The molecule has 0 radical (unpaired) electrons. The van der Waals surface area contributed by atoms with E-state index in [1.807, 2.05) is 18.3 Å². The Bertz CT molecular complexity index is 1370. The van der Waals surface area contributed by atoms with Crippen LogP contribution in [-0.4, -0.2) is 14.7 Å². The van der Waals surface area contributed by atoms with Crippen LogP contribution in [0.2, 0.25) is 0 Å². The molecule has 36 heavy (non-hydrogen) atoms. The summed E-state index contributed by atoms with van der Waals surface area (Å²) in [6.07, 6.45) is 2.85. The molecule has 5 rings (SSSR count). The lowest BCUT2D eigenvalue weighted by Gasteiger charge is -2.28. The Morgan fingerprint density at radius 3 is 2.36 bits per heavy atom. The first-order valence-corrected chi connectivity index (χ1v) is 13.2. The highest BCUT2D eigenvalue weighted by molar-refractivity contribution is 7.80. The minimum absolute atomic E-state index is 0.0222. The fourth-order valence-electron chi connectivity index (χ4n) is 5.45. The topological polar surface area (TPSA) is 33.1 Å². The van der Waals surface area contributed by atoms with Crippen LogP contribution in [0.3, 0.4) is 0 Å². The second-order valence-electron chi connectivity index (χ2n) is 9.89. The molecule has 0 spiro atoms. The molecule has 2 atom stereocenters. The van der Waals surface area contributed by atoms with Gasteiger partial charge in [-0.05, 0) is 91.5 Å². The maximum absolute atomic E-state index is 5.96. The van der Waals surface area contributed by atoms with Gasteiger partial charge in [0.05, 0.1) is 17.8 Å². The SMILES string of the molecule is CCc1ccccc1-n1c(C)cc([C@@H]2[C@@H](c3ccccn3)NC(=S)N2c2ccc(C(C)C)cc2)c1C. The molecule has 2 aromatic carbocycles. The summed E-state index contributed by atoms with van der Waals surface area (Å²) >= 11 is 5.96. The molecule has 0 saturated carbocycles. The summed E-state index contributed by atoms with van der Waals surface area (Å²) in [5.41, 5.74) is 9.71. The molecule has 4 nitrogen and oxygen atoms in total. The third-order valence-corrected chi connectivity index (χ3v) is 7.65. The van der Waals surface area contributed by atoms with Crippen molar-refractivity contribution in [2.75, 3.05) is 4.90 Å². The van der Waals surface area contributed by atoms with Gasteiger partial charge in [0.15, 0.2) is 5.11 Å². The van der Waals surface area contributed by atoms with Crippen molar-refractivity contribution in [2.45, 2.75) is 59.0 Å². The molecule has 0 aliphatic carbocycles. The van der Waals surface area contributed by atoms with E-state index in [1.54, 1.807) is 0 Å². The number of pyridine rings is 1. The van der Waals surface area contributed by atoms with Gasteiger partial charge in [0.25, 0.3) is 0 Å². The van der Waals surface area contributed by atoms with Gasteiger partial charge in [-0.25, -0.2) is 0 Å². The number of aromatic nitrogens is 2. The molecule has 0 unspecified atom stereocenters. The lowest BCUT2D eigenvalue weighted by Crippen LogP contribution is -2.29. The van der Waals surface area contributed by atoms with Crippen molar-refractivity contribution in [2.24, 2.45) is 0 Å². The smallest absolute Gasteiger partial charge is 0.174 e. The first kappa shape index (κ1) is 24.3.